The summed E-state index contributed by atoms with van der Waals surface area (Å²) in [7, 11) is 4.24. The summed E-state index contributed by atoms with van der Waals surface area (Å²) in [4.78, 5) is 4.70. The second-order valence-electron chi connectivity index (χ2n) is 5.33. The molecule has 0 fully saturated rings. The number of nitrogen functional groups attached to an aromatic ring is 1. The fourth-order valence-corrected chi connectivity index (χ4v) is 2.12. The van der Waals surface area contributed by atoms with Gasteiger partial charge in [0.25, 0.3) is 0 Å². The van der Waals surface area contributed by atoms with Gasteiger partial charge in [-0.15, -0.1) is 0 Å². The van der Waals surface area contributed by atoms with Crippen molar-refractivity contribution in [2.45, 2.75) is 19.8 Å². The third kappa shape index (κ3) is 6.78. The van der Waals surface area contributed by atoms with E-state index in [9.17, 15) is 0 Å². The average Bonchev–Trinajstić information content (AvgIpc) is 2.43. The van der Waals surface area contributed by atoms with Gasteiger partial charge in [-0.05, 0) is 58.7 Å². The first-order valence-electron chi connectivity index (χ1n) is 7.48. The number of nitrogens with two attached hydrogens (primary N) is 1. The number of hydrogen-bond acceptors (Lipinski definition) is 4. The van der Waals surface area contributed by atoms with Gasteiger partial charge in [0, 0.05) is 6.54 Å². The molecule has 114 valence electrons. The van der Waals surface area contributed by atoms with E-state index >= 15 is 0 Å². The summed E-state index contributed by atoms with van der Waals surface area (Å²) in [6, 6.07) is 7.66. The molecule has 0 saturated carbocycles. The highest BCUT2D eigenvalue weighted by Crippen LogP contribution is 2.19. The van der Waals surface area contributed by atoms with E-state index in [1.54, 1.807) is 0 Å². The zero-order valence-electron chi connectivity index (χ0n) is 13.1. The van der Waals surface area contributed by atoms with E-state index in [2.05, 4.69) is 30.8 Å². The molecular formula is C16H29N3O. The first kappa shape index (κ1) is 16.8. The van der Waals surface area contributed by atoms with Crippen LogP contribution in [0.1, 0.15) is 19.8 Å². The van der Waals surface area contributed by atoms with Gasteiger partial charge in [-0.1, -0.05) is 19.1 Å². The van der Waals surface area contributed by atoms with Crippen LogP contribution in [0, 0.1) is 0 Å². The molecule has 0 aliphatic heterocycles. The number of rotatable bonds is 10. The number of anilines is 1. The Morgan fingerprint density at radius 1 is 1.05 bits per heavy atom. The van der Waals surface area contributed by atoms with E-state index in [0.29, 0.717) is 5.69 Å². The van der Waals surface area contributed by atoms with Crippen molar-refractivity contribution in [3.8, 4) is 5.75 Å². The topological polar surface area (TPSA) is 41.7 Å². The normalized spacial score (nSPS) is 11.2. The molecule has 0 atom stereocenters. The lowest BCUT2D eigenvalue weighted by molar-refractivity contribution is 0.232. The fraction of sp³-hybridized carbons (Fsp3) is 0.625. The first-order valence-corrected chi connectivity index (χ1v) is 7.48. The van der Waals surface area contributed by atoms with E-state index in [1.807, 2.05) is 24.3 Å². The van der Waals surface area contributed by atoms with Gasteiger partial charge in [0.15, 0.2) is 0 Å². The van der Waals surface area contributed by atoms with Crippen molar-refractivity contribution in [3.05, 3.63) is 24.3 Å². The van der Waals surface area contributed by atoms with Gasteiger partial charge in [0.2, 0.25) is 0 Å². The summed E-state index contributed by atoms with van der Waals surface area (Å²) in [5.74, 6) is 0.795. The fourth-order valence-electron chi connectivity index (χ4n) is 2.12. The SMILES string of the molecule is CCN(CCCOc1ccccc1N)CCCN(C)C. The molecule has 20 heavy (non-hydrogen) atoms. The third-order valence-electron chi connectivity index (χ3n) is 3.32. The van der Waals surface area contributed by atoms with Crippen molar-refractivity contribution in [3.63, 3.8) is 0 Å². The van der Waals surface area contributed by atoms with Crippen LogP contribution < -0.4 is 10.5 Å². The molecule has 2 N–H and O–H groups in total. The number of hydrogen-bond donors (Lipinski definition) is 1. The number of ether oxygens (including phenoxy) is 1. The van der Waals surface area contributed by atoms with Gasteiger partial charge >= 0.3 is 0 Å². The summed E-state index contributed by atoms with van der Waals surface area (Å²) >= 11 is 0. The molecule has 0 bridgehead atoms. The first-order chi connectivity index (χ1) is 9.63. The quantitative estimate of drug-likeness (QED) is 0.527. The summed E-state index contributed by atoms with van der Waals surface area (Å²) in [6.45, 7) is 7.41. The second-order valence-corrected chi connectivity index (χ2v) is 5.33. The largest absolute Gasteiger partial charge is 0.491 e. The molecule has 0 amide bonds. The van der Waals surface area contributed by atoms with E-state index in [4.69, 9.17) is 10.5 Å². The molecule has 4 nitrogen and oxygen atoms in total. The molecule has 1 aromatic rings. The maximum atomic E-state index is 5.84. The smallest absolute Gasteiger partial charge is 0.142 e. The van der Waals surface area contributed by atoms with E-state index in [0.717, 1.165) is 45.0 Å². The van der Waals surface area contributed by atoms with Crippen molar-refractivity contribution in [2.24, 2.45) is 0 Å². The number of nitrogens with zero attached hydrogens (tertiary/aromatic N) is 2. The second kappa shape index (κ2) is 9.61. The van der Waals surface area contributed by atoms with E-state index < -0.39 is 0 Å². The highest BCUT2D eigenvalue weighted by Gasteiger charge is 2.03. The third-order valence-corrected chi connectivity index (χ3v) is 3.32. The van der Waals surface area contributed by atoms with E-state index in [-0.39, 0.29) is 0 Å². The minimum Gasteiger partial charge on any atom is -0.491 e. The van der Waals surface area contributed by atoms with Crippen molar-refractivity contribution < 1.29 is 4.74 Å². The Morgan fingerprint density at radius 2 is 1.75 bits per heavy atom. The van der Waals surface area contributed by atoms with Crippen LogP contribution in [0.25, 0.3) is 0 Å². The lowest BCUT2D eigenvalue weighted by Crippen LogP contribution is -2.29. The highest BCUT2D eigenvalue weighted by molar-refractivity contribution is 5.51. The van der Waals surface area contributed by atoms with Crippen molar-refractivity contribution in [1.29, 1.82) is 0 Å². The molecule has 0 saturated heterocycles. The predicted molar refractivity (Wildman–Crippen MR) is 86.3 cm³/mol. The maximum Gasteiger partial charge on any atom is 0.142 e. The minimum absolute atomic E-state index is 0.714. The molecule has 0 heterocycles. The van der Waals surface area contributed by atoms with Gasteiger partial charge in [-0.3, -0.25) is 0 Å². The average molecular weight is 279 g/mol. The van der Waals surface area contributed by atoms with Crippen LogP contribution in [0.3, 0.4) is 0 Å². The lowest BCUT2D eigenvalue weighted by Gasteiger charge is -2.21. The Kier molecular flexibility index (Phi) is 8.07. The van der Waals surface area contributed by atoms with Gasteiger partial charge in [-0.25, -0.2) is 0 Å². The summed E-state index contributed by atoms with van der Waals surface area (Å²) in [5.41, 5.74) is 6.56. The van der Waals surface area contributed by atoms with Crippen LogP contribution in [0.4, 0.5) is 5.69 Å². The molecule has 0 aromatic heterocycles. The van der Waals surface area contributed by atoms with Crippen LogP contribution in [-0.4, -0.2) is 56.7 Å². The Balaban J connectivity index is 2.17. The summed E-state index contributed by atoms with van der Waals surface area (Å²) in [6.07, 6.45) is 2.25. The molecule has 1 aromatic carbocycles. The zero-order chi connectivity index (χ0) is 14.8. The van der Waals surface area contributed by atoms with Crippen molar-refractivity contribution in [2.75, 3.05) is 52.6 Å². The van der Waals surface area contributed by atoms with Crippen LogP contribution in [0.2, 0.25) is 0 Å². The van der Waals surface area contributed by atoms with Crippen LogP contribution in [-0.2, 0) is 0 Å². The molecule has 0 radical (unpaired) electrons. The van der Waals surface area contributed by atoms with Gasteiger partial charge in [0.05, 0.1) is 12.3 Å². The van der Waals surface area contributed by atoms with Crippen LogP contribution >= 0.6 is 0 Å². The summed E-state index contributed by atoms with van der Waals surface area (Å²) < 4.78 is 5.71. The Morgan fingerprint density at radius 3 is 2.40 bits per heavy atom. The zero-order valence-corrected chi connectivity index (χ0v) is 13.1. The molecule has 0 aliphatic rings. The molecule has 0 unspecified atom stereocenters. The van der Waals surface area contributed by atoms with Gasteiger partial charge in [0.1, 0.15) is 5.75 Å². The van der Waals surface area contributed by atoms with Gasteiger partial charge < -0.3 is 20.3 Å². The Labute approximate surface area is 123 Å². The maximum absolute atomic E-state index is 5.84. The molecule has 1 rings (SSSR count). The minimum atomic E-state index is 0.714. The summed E-state index contributed by atoms with van der Waals surface area (Å²) in [5, 5.41) is 0. The number of benzene rings is 1. The Bertz CT molecular complexity index is 368. The molecule has 0 spiro atoms. The molecule has 4 heteroatoms. The predicted octanol–water partition coefficient (Wildman–Crippen LogP) is 2.31. The van der Waals surface area contributed by atoms with Crippen LogP contribution in [0.5, 0.6) is 5.75 Å². The van der Waals surface area contributed by atoms with Gasteiger partial charge in [-0.2, -0.15) is 0 Å². The van der Waals surface area contributed by atoms with E-state index in [1.165, 1.54) is 6.42 Å². The van der Waals surface area contributed by atoms with Crippen LogP contribution in [0.15, 0.2) is 24.3 Å². The van der Waals surface area contributed by atoms with Crippen molar-refractivity contribution in [1.82, 2.24) is 9.80 Å². The molecule has 0 aliphatic carbocycles. The monoisotopic (exact) mass is 279 g/mol. The number of para-hydroxylation sites is 2. The lowest BCUT2D eigenvalue weighted by atomic mass is 10.3. The standard InChI is InChI=1S/C16H29N3O/c1-4-19(12-7-11-18(2)3)13-8-14-20-16-10-6-5-9-15(16)17/h5-6,9-10H,4,7-8,11-14,17H2,1-3H3. The highest BCUT2D eigenvalue weighted by atomic mass is 16.5. The Hall–Kier alpha value is -1.26. The van der Waals surface area contributed by atoms with Crippen molar-refractivity contribution >= 4 is 5.69 Å². The molecular weight excluding hydrogens is 250 g/mol.